The predicted octanol–water partition coefficient (Wildman–Crippen LogP) is 2.21. The summed E-state index contributed by atoms with van der Waals surface area (Å²) in [5.41, 5.74) is 2.17. The van der Waals surface area contributed by atoms with E-state index in [4.69, 9.17) is 11.6 Å². The third-order valence-electron chi connectivity index (χ3n) is 2.97. The molecule has 0 radical (unpaired) electrons. The molecule has 1 saturated heterocycles. The Morgan fingerprint density at radius 1 is 1.38 bits per heavy atom. The fourth-order valence-corrected chi connectivity index (χ4v) is 2.12. The first-order valence-electron chi connectivity index (χ1n) is 5.51. The van der Waals surface area contributed by atoms with Crippen LogP contribution in [0.2, 0.25) is 5.15 Å². The molecule has 0 amide bonds. The SMILES string of the molecule is Cc1nc(Cl)ccc1CN1CCC(=O)CC1. The van der Waals surface area contributed by atoms with Crippen molar-refractivity contribution in [3.05, 3.63) is 28.5 Å². The van der Waals surface area contributed by atoms with Crippen LogP contribution in [0.3, 0.4) is 0 Å². The minimum absolute atomic E-state index is 0.377. The van der Waals surface area contributed by atoms with Crippen LogP contribution < -0.4 is 0 Å². The molecule has 0 atom stereocenters. The lowest BCUT2D eigenvalue weighted by Crippen LogP contribution is -2.33. The quantitative estimate of drug-likeness (QED) is 0.741. The second-order valence-corrected chi connectivity index (χ2v) is 4.58. The Kier molecular flexibility index (Phi) is 3.56. The molecule has 4 heteroatoms. The van der Waals surface area contributed by atoms with Gasteiger partial charge in [0.2, 0.25) is 0 Å². The number of hydrogen-bond acceptors (Lipinski definition) is 3. The van der Waals surface area contributed by atoms with E-state index in [0.717, 1.165) is 25.3 Å². The van der Waals surface area contributed by atoms with Gasteiger partial charge in [-0.3, -0.25) is 9.69 Å². The van der Waals surface area contributed by atoms with E-state index in [2.05, 4.69) is 9.88 Å². The van der Waals surface area contributed by atoms with Crippen LogP contribution in [-0.4, -0.2) is 28.8 Å². The van der Waals surface area contributed by atoms with Crippen LogP contribution in [-0.2, 0) is 11.3 Å². The fraction of sp³-hybridized carbons (Fsp3) is 0.500. The summed E-state index contributed by atoms with van der Waals surface area (Å²) in [5.74, 6) is 0.377. The Morgan fingerprint density at radius 2 is 2.06 bits per heavy atom. The van der Waals surface area contributed by atoms with Crippen molar-refractivity contribution in [2.45, 2.75) is 26.3 Å². The third kappa shape index (κ3) is 2.80. The molecule has 2 rings (SSSR count). The summed E-state index contributed by atoms with van der Waals surface area (Å²) in [7, 11) is 0. The molecule has 1 aromatic rings. The number of halogens is 1. The zero-order valence-corrected chi connectivity index (χ0v) is 10.1. The van der Waals surface area contributed by atoms with Crippen LogP contribution >= 0.6 is 11.6 Å². The summed E-state index contributed by atoms with van der Waals surface area (Å²) in [6.07, 6.45) is 1.36. The number of Topliss-reactive ketones (excluding diaryl/α,β-unsaturated/α-hetero) is 1. The summed E-state index contributed by atoms with van der Waals surface area (Å²) in [6, 6.07) is 3.83. The lowest BCUT2D eigenvalue weighted by molar-refractivity contribution is -0.121. The van der Waals surface area contributed by atoms with Gasteiger partial charge >= 0.3 is 0 Å². The van der Waals surface area contributed by atoms with Crippen molar-refractivity contribution in [2.24, 2.45) is 0 Å². The third-order valence-corrected chi connectivity index (χ3v) is 3.18. The Morgan fingerprint density at radius 3 is 2.69 bits per heavy atom. The summed E-state index contributed by atoms with van der Waals surface area (Å²) < 4.78 is 0. The van der Waals surface area contributed by atoms with E-state index >= 15 is 0 Å². The van der Waals surface area contributed by atoms with E-state index in [1.165, 1.54) is 5.56 Å². The van der Waals surface area contributed by atoms with Crippen LogP contribution in [0.15, 0.2) is 12.1 Å². The Labute approximate surface area is 100 Å². The van der Waals surface area contributed by atoms with Crippen molar-refractivity contribution in [2.75, 3.05) is 13.1 Å². The van der Waals surface area contributed by atoms with E-state index in [1.54, 1.807) is 0 Å². The van der Waals surface area contributed by atoms with Gasteiger partial charge in [0.25, 0.3) is 0 Å². The Bertz CT molecular complexity index is 396. The molecule has 3 nitrogen and oxygen atoms in total. The van der Waals surface area contributed by atoms with Crippen LogP contribution in [0.4, 0.5) is 0 Å². The maximum Gasteiger partial charge on any atom is 0.135 e. The molecule has 0 bridgehead atoms. The van der Waals surface area contributed by atoms with Crippen molar-refractivity contribution in [3.63, 3.8) is 0 Å². The van der Waals surface area contributed by atoms with Crippen molar-refractivity contribution in [1.29, 1.82) is 0 Å². The first kappa shape index (κ1) is 11.6. The molecule has 1 fully saturated rings. The lowest BCUT2D eigenvalue weighted by atomic mass is 10.1. The van der Waals surface area contributed by atoms with E-state index in [1.807, 2.05) is 19.1 Å². The first-order chi connectivity index (χ1) is 7.65. The predicted molar refractivity (Wildman–Crippen MR) is 63.5 cm³/mol. The molecule has 86 valence electrons. The number of rotatable bonds is 2. The average Bonchev–Trinajstić information content (AvgIpc) is 2.25. The lowest BCUT2D eigenvalue weighted by Gasteiger charge is -2.26. The van der Waals surface area contributed by atoms with Gasteiger partial charge in [0.1, 0.15) is 10.9 Å². The topological polar surface area (TPSA) is 33.2 Å². The number of likely N-dealkylation sites (tertiary alicyclic amines) is 1. The van der Waals surface area contributed by atoms with E-state index < -0.39 is 0 Å². The smallest absolute Gasteiger partial charge is 0.135 e. The number of carbonyl (C=O) groups is 1. The van der Waals surface area contributed by atoms with Crippen LogP contribution in [0.5, 0.6) is 0 Å². The van der Waals surface area contributed by atoms with E-state index in [9.17, 15) is 4.79 Å². The Balaban J connectivity index is 2.01. The molecule has 0 spiro atoms. The van der Waals surface area contributed by atoms with Crippen molar-refractivity contribution in [3.8, 4) is 0 Å². The molecular weight excluding hydrogens is 224 g/mol. The summed E-state index contributed by atoms with van der Waals surface area (Å²) in [5, 5.41) is 0.537. The number of ketones is 1. The second-order valence-electron chi connectivity index (χ2n) is 4.19. The number of piperidine rings is 1. The first-order valence-corrected chi connectivity index (χ1v) is 5.89. The van der Waals surface area contributed by atoms with Crippen molar-refractivity contribution >= 4 is 17.4 Å². The minimum Gasteiger partial charge on any atom is -0.300 e. The van der Waals surface area contributed by atoms with Gasteiger partial charge in [0.05, 0.1) is 0 Å². The molecule has 0 aliphatic carbocycles. The van der Waals surface area contributed by atoms with Gasteiger partial charge in [0, 0.05) is 38.2 Å². The molecule has 1 aliphatic rings. The maximum absolute atomic E-state index is 11.1. The number of hydrogen-bond donors (Lipinski definition) is 0. The number of pyridine rings is 1. The molecule has 1 aliphatic heterocycles. The second kappa shape index (κ2) is 4.93. The van der Waals surface area contributed by atoms with Gasteiger partial charge in [0.15, 0.2) is 0 Å². The van der Waals surface area contributed by atoms with Crippen LogP contribution in [0, 0.1) is 6.92 Å². The highest BCUT2D eigenvalue weighted by Gasteiger charge is 2.16. The number of carbonyl (C=O) groups excluding carboxylic acids is 1. The number of aromatic nitrogens is 1. The molecule has 2 heterocycles. The zero-order valence-electron chi connectivity index (χ0n) is 9.37. The van der Waals surface area contributed by atoms with Crippen molar-refractivity contribution in [1.82, 2.24) is 9.88 Å². The van der Waals surface area contributed by atoms with Gasteiger partial charge in [-0.1, -0.05) is 17.7 Å². The highest BCUT2D eigenvalue weighted by molar-refractivity contribution is 6.29. The summed E-state index contributed by atoms with van der Waals surface area (Å²) in [4.78, 5) is 17.6. The summed E-state index contributed by atoms with van der Waals surface area (Å²) >= 11 is 5.81. The van der Waals surface area contributed by atoms with Crippen LogP contribution in [0.25, 0.3) is 0 Å². The summed E-state index contributed by atoms with van der Waals surface area (Å²) in [6.45, 7) is 4.56. The molecule has 1 aromatic heterocycles. The largest absolute Gasteiger partial charge is 0.300 e. The molecule has 0 unspecified atom stereocenters. The number of nitrogens with zero attached hydrogens (tertiary/aromatic N) is 2. The zero-order chi connectivity index (χ0) is 11.5. The highest BCUT2D eigenvalue weighted by atomic mass is 35.5. The average molecular weight is 239 g/mol. The monoisotopic (exact) mass is 238 g/mol. The van der Waals surface area contributed by atoms with Gasteiger partial charge in [-0.05, 0) is 18.6 Å². The maximum atomic E-state index is 11.1. The van der Waals surface area contributed by atoms with Gasteiger partial charge in [-0.2, -0.15) is 0 Å². The fourth-order valence-electron chi connectivity index (χ4n) is 1.93. The normalized spacial score (nSPS) is 17.8. The Hall–Kier alpha value is -0.930. The van der Waals surface area contributed by atoms with Gasteiger partial charge in [-0.15, -0.1) is 0 Å². The standard InChI is InChI=1S/C12H15ClN2O/c1-9-10(2-3-12(13)14-9)8-15-6-4-11(16)5-7-15/h2-3H,4-8H2,1H3. The minimum atomic E-state index is 0.377. The molecule has 0 aromatic carbocycles. The number of aryl methyl sites for hydroxylation is 1. The van der Waals surface area contributed by atoms with Crippen LogP contribution in [0.1, 0.15) is 24.1 Å². The van der Waals surface area contributed by atoms with Gasteiger partial charge < -0.3 is 0 Å². The van der Waals surface area contributed by atoms with Gasteiger partial charge in [-0.25, -0.2) is 4.98 Å². The molecular formula is C12H15ClN2O. The van der Waals surface area contributed by atoms with E-state index in [0.29, 0.717) is 23.8 Å². The highest BCUT2D eigenvalue weighted by Crippen LogP contribution is 2.15. The van der Waals surface area contributed by atoms with Crippen molar-refractivity contribution < 1.29 is 4.79 Å². The molecule has 0 N–H and O–H groups in total. The van der Waals surface area contributed by atoms with E-state index in [-0.39, 0.29) is 0 Å². The molecule has 16 heavy (non-hydrogen) atoms. The molecule has 0 saturated carbocycles.